The zero-order valence-corrected chi connectivity index (χ0v) is 23.7. The van der Waals surface area contributed by atoms with Crippen LogP contribution in [0.1, 0.15) is 59.6 Å². The van der Waals surface area contributed by atoms with E-state index in [-0.39, 0.29) is 63.7 Å². The van der Waals surface area contributed by atoms with Crippen molar-refractivity contribution in [1.82, 2.24) is 19.8 Å². The molecule has 42 heavy (non-hydrogen) atoms. The summed E-state index contributed by atoms with van der Waals surface area (Å²) in [7, 11) is 0. The first-order chi connectivity index (χ1) is 20.4. The minimum atomic E-state index is -0.643. The number of anilines is 2. The molecule has 4 amide bonds. The monoisotopic (exact) mass is 594 g/mol. The first-order valence-electron chi connectivity index (χ1n) is 14.2. The second-order valence-corrected chi connectivity index (χ2v) is 11.2. The molecule has 0 unspecified atom stereocenters. The number of fused-ring (bicyclic) bond motifs is 1. The van der Waals surface area contributed by atoms with Gasteiger partial charge in [-0.15, -0.1) is 0 Å². The molecule has 2 saturated heterocycles. The van der Waals surface area contributed by atoms with Crippen molar-refractivity contribution in [2.45, 2.75) is 44.6 Å². The van der Waals surface area contributed by atoms with Crippen LogP contribution in [0, 0.1) is 5.92 Å². The fourth-order valence-electron chi connectivity index (χ4n) is 5.85. The topological polar surface area (TPSA) is 147 Å². The van der Waals surface area contributed by atoms with Gasteiger partial charge in [-0.1, -0.05) is 11.6 Å². The number of amides is 4. The third kappa shape index (κ3) is 5.82. The van der Waals surface area contributed by atoms with Gasteiger partial charge in [0.25, 0.3) is 11.8 Å². The molecule has 3 aromatic rings. The number of nitrogens with one attached hydrogen (secondary N) is 2. The van der Waals surface area contributed by atoms with Gasteiger partial charge in [-0.2, -0.15) is 0 Å². The lowest BCUT2D eigenvalue weighted by Crippen LogP contribution is -2.41. The zero-order valence-electron chi connectivity index (χ0n) is 22.9. The molecule has 3 aliphatic rings. The highest BCUT2D eigenvalue weighted by atomic mass is 35.5. The van der Waals surface area contributed by atoms with Gasteiger partial charge in [0.05, 0.1) is 18.2 Å². The van der Waals surface area contributed by atoms with Crippen LogP contribution in [0.3, 0.4) is 0 Å². The third-order valence-electron chi connectivity index (χ3n) is 8.09. The van der Waals surface area contributed by atoms with Gasteiger partial charge in [-0.3, -0.25) is 19.2 Å². The molecule has 1 saturated carbocycles. The number of ether oxygens (including phenoxy) is 1. The summed E-state index contributed by atoms with van der Waals surface area (Å²) < 4.78 is 11.2. The lowest BCUT2D eigenvalue weighted by molar-refractivity contribution is -0.130. The van der Waals surface area contributed by atoms with Gasteiger partial charge in [-0.05, 0) is 56.4 Å². The molecular formula is C29H31ClN6O6. The summed E-state index contributed by atoms with van der Waals surface area (Å²) in [5.41, 5.74) is 0.708. The Bertz CT molecular complexity index is 1510. The van der Waals surface area contributed by atoms with Gasteiger partial charge < -0.3 is 29.6 Å². The van der Waals surface area contributed by atoms with Gasteiger partial charge in [0, 0.05) is 44.2 Å². The van der Waals surface area contributed by atoms with Crippen LogP contribution in [-0.2, 0) is 14.3 Å². The van der Waals surface area contributed by atoms with Crippen LogP contribution in [0.25, 0.3) is 11.1 Å². The highest BCUT2D eigenvalue weighted by Crippen LogP contribution is 2.34. The van der Waals surface area contributed by atoms with Crippen molar-refractivity contribution in [3.8, 4) is 0 Å². The normalized spacial score (nSPS) is 21.0. The van der Waals surface area contributed by atoms with E-state index in [0.29, 0.717) is 50.6 Å². The van der Waals surface area contributed by atoms with Crippen LogP contribution in [-0.4, -0.2) is 82.3 Å². The van der Waals surface area contributed by atoms with Crippen molar-refractivity contribution >= 4 is 57.8 Å². The van der Waals surface area contributed by atoms with Gasteiger partial charge in [0.1, 0.15) is 22.7 Å². The number of pyridine rings is 2. The Labute approximate surface area is 246 Å². The first kappa shape index (κ1) is 28.1. The number of carbonyl (C=O) groups is 4. The van der Waals surface area contributed by atoms with Gasteiger partial charge in [0.2, 0.25) is 17.6 Å². The summed E-state index contributed by atoms with van der Waals surface area (Å²) in [6.07, 6.45) is 5.57. The molecule has 6 rings (SSSR count). The maximum atomic E-state index is 13.5. The second kappa shape index (κ2) is 12.1. The van der Waals surface area contributed by atoms with E-state index >= 15 is 0 Å². The number of likely N-dealkylation sites (tertiary alicyclic amines) is 1. The summed E-state index contributed by atoms with van der Waals surface area (Å²) >= 11 is 5.92. The van der Waals surface area contributed by atoms with E-state index in [1.165, 1.54) is 6.20 Å². The Balaban J connectivity index is 1.26. The number of hydrogen-bond acceptors (Lipinski definition) is 8. The third-order valence-corrected chi connectivity index (χ3v) is 8.32. The molecule has 1 aliphatic carbocycles. The fraction of sp³-hybridized carbons (Fsp3) is 0.448. The Kier molecular flexibility index (Phi) is 8.07. The van der Waals surface area contributed by atoms with Crippen LogP contribution in [0.5, 0.6) is 0 Å². The van der Waals surface area contributed by atoms with Crippen molar-refractivity contribution < 1.29 is 28.3 Å². The Morgan fingerprint density at radius 3 is 2.45 bits per heavy atom. The lowest BCUT2D eigenvalue weighted by Gasteiger charge is -2.34. The molecule has 2 aliphatic heterocycles. The van der Waals surface area contributed by atoms with Crippen LogP contribution in [0.15, 0.2) is 34.9 Å². The Morgan fingerprint density at radius 2 is 1.76 bits per heavy atom. The van der Waals surface area contributed by atoms with Crippen LogP contribution in [0.2, 0.25) is 5.02 Å². The predicted molar refractivity (Wildman–Crippen MR) is 153 cm³/mol. The predicted octanol–water partition coefficient (Wildman–Crippen LogP) is 3.72. The van der Waals surface area contributed by atoms with Gasteiger partial charge in [-0.25, -0.2) is 9.97 Å². The van der Waals surface area contributed by atoms with Gasteiger partial charge in [0.15, 0.2) is 5.58 Å². The van der Waals surface area contributed by atoms with Crippen molar-refractivity contribution in [3.63, 3.8) is 0 Å². The number of aromatic nitrogens is 2. The standard InChI is InChI=1S/C29H31ClN6O6/c30-18-5-10-22(31-16-18)33-28(39)26-25(34-27(38)17-3-6-19(7-4-17)36-11-1-2-23(36)37)24-21(42-26)9-8-20(32-24)29(40)35-12-14-41-15-13-35/h5,8-10,16-17,19H,1-4,6-7,11-15H2,(H,34,38)(H,31,33,39)/t17-,19-. The molecule has 2 N–H and O–H groups in total. The van der Waals surface area contributed by atoms with E-state index in [0.717, 1.165) is 25.8 Å². The number of furan rings is 1. The number of halogens is 1. The number of hydrogen-bond donors (Lipinski definition) is 2. The molecule has 3 aromatic heterocycles. The average molecular weight is 595 g/mol. The number of rotatable bonds is 6. The minimum Gasteiger partial charge on any atom is -0.447 e. The Morgan fingerprint density at radius 1 is 0.976 bits per heavy atom. The zero-order chi connectivity index (χ0) is 29.2. The highest BCUT2D eigenvalue weighted by molar-refractivity contribution is 6.30. The molecule has 0 bridgehead atoms. The Hall–Kier alpha value is -4.03. The molecule has 0 radical (unpaired) electrons. The van der Waals surface area contributed by atoms with E-state index in [4.69, 9.17) is 20.8 Å². The maximum Gasteiger partial charge on any atom is 0.294 e. The van der Waals surface area contributed by atoms with Crippen molar-refractivity contribution in [3.05, 3.63) is 46.9 Å². The summed E-state index contributed by atoms with van der Waals surface area (Å²) in [4.78, 5) is 64.5. The number of carbonyl (C=O) groups excluding carboxylic acids is 4. The quantitative estimate of drug-likeness (QED) is 0.439. The smallest absolute Gasteiger partial charge is 0.294 e. The molecular weight excluding hydrogens is 564 g/mol. The molecule has 5 heterocycles. The van der Waals surface area contributed by atoms with E-state index in [2.05, 4.69) is 20.6 Å². The number of nitrogens with zero attached hydrogens (tertiary/aromatic N) is 4. The van der Waals surface area contributed by atoms with Gasteiger partial charge >= 0.3 is 0 Å². The number of morpholine rings is 1. The van der Waals surface area contributed by atoms with Crippen molar-refractivity contribution in [2.24, 2.45) is 5.92 Å². The molecule has 12 nitrogen and oxygen atoms in total. The van der Waals surface area contributed by atoms with E-state index in [9.17, 15) is 19.2 Å². The molecule has 220 valence electrons. The van der Waals surface area contributed by atoms with Crippen molar-refractivity contribution in [2.75, 3.05) is 43.5 Å². The molecule has 3 fully saturated rings. The molecule has 0 aromatic carbocycles. The van der Waals surface area contributed by atoms with Crippen LogP contribution >= 0.6 is 11.6 Å². The minimum absolute atomic E-state index is 0.0925. The fourth-order valence-corrected chi connectivity index (χ4v) is 5.96. The van der Waals surface area contributed by atoms with Crippen molar-refractivity contribution in [1.29, 1.82) is 0 Å². The molecule has 0 atom stereocenters. The molecule has 0 spiro atoms. The molecule has 13 heteroatoms. The summed E-state index contributed by atoms with van der Waals surface area (Å²) in [5.74, 6) is -1.22. The summed E-state index contributed by atoms with van der Waals surface area (Å²) in [6, 6.07) is 6.40. The van der Waals surface area contributed by atoms with E-state index in [1.54, 1.807) is 29.2 Å². The average Bonchev–Trinajstić information content (AvgIpc) is 3.61. The maximum absolute atomic E-state index is 13.5. The van der Waals surface area contributed by atoms with E-state index in [1.807, 2.05) is 4.90 Å². The van der Waals surface area contributed by atoms with Crippen LogP contribution in [0.4, 0.5) is 11.5 Å². The summed E-state index contributed by atoms with van der Waals surface area (Å²) in [6.45, 7) is 2.55. The second-order valence-electron chi connectivity index (χ2n) is 10.8. The highest BCUT2D eigenvalue weighted by Gasteiger charge is 2.35. The SMILES string of the molecule is O=C(Nc1ccc(Cl)cn1)c1oc2ccc(C(=O)N3CCOCC3)nc2c1NC(=O)[C@H]1CC[C@H](N2CCCC2=O)CC1. The van der Waals surface area contributed by atoms with E-state index < -0.39 is 5.91 Å². The largest absolute Gasteiger partial charge is 0.447 e. The first-order valence-corrected chi connectivity index (χ1v) is 14.6. The van der Waals surface area contributed by atoms with Crippen LogP contribution < -0.4 is 10.6 Å². The summed E-state index contributed by atoms with van der Waals surface area (Å²) in [5, 5.41) is 5.97. The lowest BCUT2D eigenvalue weighted by atomic mass is 9.84.